The third-order valence-corrected chi connectivity index (χ3v) is 2.94. The zero-order valence-corrected chi connectivity index (χ0v) is 10.9. The molecule has 1 N–H and O–H groups in total. The van der Waals surface area contributed by atoms with Crippen molar-refractivity contribution in [3.8, 4) is 0 Å². The molecule has 0 aliphatic carbocycles. The van der Waals surface area contributed by atoms with E-state index in [1.54, 1.807) is 29.3 Å². The summed E-state index contributed by atoms with van der Waals surface area (Å²) in [5.74, 6) is -1.08. The van der Waals surface area contributed by atoms with Crippen LogP contribution in [0.2, 0.25) is 0 Å². The first-order chi connectivity index (χ1) is 9.65. The van der Waals surface area contributed by atoms with Gasteiger partial charge in [0.15, 0.2) is 0 Å². The lowest BCUT2D eigenvalue weighted by atomic mass is 10.2. The van der Waals surface area contributed by atoms with Gasteiger partial charge >= 0.3 is 5.97 Å². The molecule has 0 bridgehead atoms. The van der Waals surface area contributed by atoms with Crippen LogP contribution in [-0.2, 0) is 14.3 Å². The van der Waals surface area contributed by atoms with Crippen molar-refractivity contribution >= 4 is 18.0 Å². The number of amides is 1. The number of pyridine rings is 1. The van der Waals surface area contributed by atoms with Crippen LogP contribution in [0.15, 0.2) is 30.5 Å². The summed E-state index contributed by atoms with van der Waals surface area (Å²) >= 11 is 0. The molecule has 1 atom stereocenters. The second-order valence-corrected chi connectivity index (χ2v) is 4.46. The number of carbonyl (C=O) groups is 2. The first-order valence-electron chi connectivity index (χ1n) is 6.36. The molecule has 1 aromatic rings. The molecule has 2 heterocycles. The molecule has 2 rings (SSSR count). The van der Waals surface area contributed by atoms with Crippen LogP contribution in [0.5, 0.6) is 0 Å². The minimum Gasteiger partial charge on any atom is -0.481 e. The molecule has 1 amide bonds. The second-order valence-electron chi connectivity index (χ2n) is 4.46. The molecule has 0 spiro atoms. The molecule has 6 heteroatoms. The lowest BCUT2D eigenvalue weighted by molar-refractivity contribution is -0.145. The van der Waals surface area contributed by atoms with Gasteiger partial charge in [0.05, 0.1) is 24.8 Å². The Bertz CT molecular complexity index is 501. The highest BCUT2D eigenvalue weighted by Gasteiger charge is 2.24. The van der Waals surface area contributed by atoms with Gasteiger partial charge in [-0.25, -0.2) is 0 Å². The quantitative estimate of drug-likeness (QED) is 0.823. The van der Waals surface area contributed by atoms with Crippen LogP contribution in [0.4, 0.5) is 0 Å². The largest absolute Gasteiger partial charge is 0.481 e. The van der Waals surface area contributed by atoms with Gasteiger partial charge in [0.25, 0.3) is 0 Å². The highest BCUT2D eigenvalue weighted by molar-refractivity contribution is 5.91. The summed E-state index contributed by atoms with van der Waals surface area (Å²) in [7, 11) is 0. The van der Waals surface area contributed by atoms with E-state index in [2.05, 4.69) is 4.98 Å². The summed E-state index contributed by atoms with van der Waals surface area (Å²) < 4.78 is 5.32. The number of hydrogen-bond donors (Lipinski definition) is 1. The van der Waals surface area contributed by atoms with Crippen LogP contribution < -0.4 is 0 Å². The van der Waals surface area contributed by atoms with Crippen molar-refractivity contribution in [1.82, 2.24) is 9.88 Å². The molecule has 20 heavy (non-hydrogen) atoms. The maximum atomic E-state index is 12.0. The SMILES string of the molecule is O=C(O)CC1CN(C(=O)C=Cc2ccccn2)CCO1. The number of hydrogen-bond acceptors (Lipinski definition) is 4. The van der Waals surface area contributed by atoms with Crippen molar-refractivity contribution < 1.29 is 19.4 Å². The number of carboxylic acids is 1. The fourth-order valence-corrected chi connectivity index (χ4v) is 1.97. The Morgan fingerprint density at radius 2 is 2.35 bits per heavy atom. The van der Waals surface area contributed by atoms with Crippen molar-refractivity contribution in [3.05, 3.63) is 36.2 Å². The Labute approximate surface area is 116 Å². The molecule has 1 unspecified atom stereocenters. The van der Waals surface area contributed by atoms with Crippen molar-refractivity contribution in [2.75, 3.05) is 19.7 Å². The third-order valence-electron chi connectivity index (χ3n) is 2.94. The molecular weight excluding hydrogens is 260 g/mol. The summed E-state index contributed by atoms with van der Waals surface area (Å²) in [6, 6.07) is 5.45. The number of rotatable bonds is 4. The highest BCUT2D eigenvalue weighted by Crippen LogP contribution is 2.10. The lowest BCUT2D eigenvalue weighted by Gasteiger charge is -2.31. The molecule has 1 aliphatic rings. The van der Waals surface area contributed by atoms with Gasteiger partial charge in [0, 0.05) is 25.4 Å². The first-order valence-corrected chi connectivity index (χ1v) is 6.36. The number of nitrogens with zero attached hydrogens (tertiary/aromatic N) is 2. The number of ether oxygens (including phenoxy) is 1. The molecule has 6 nitrogen and oxygen atoms in total. The first kappa shape index (κ1) is 14.2. The smallest absolute Gasteiger partial charge is 0.306 e. The summed E-state index contributed by atoms with van der Waals surface area (Å²) in [6.45, 7) is 1.14. The molecule has 1 fully saturated rings. The Morgan fingerprint density at radius 1 is 1.50 bits per heavy atom. The van der Waals surface area contributed by atoms with Crippen molar-refractivity contribution in [3.63, 3.8) is 0 Å². The number of carboxylic acid groups (broad SMARTS) is 1. The van der Waals surface area contributed by atoms with Gasteiger partial charge in [-0.05, 0) is 18.2 Å². The zero-order valence-electron chi connectivity index (χ0n) is 10.9. The Hall–Kier alpha value is -2.21. The molecule has 1 aliphatic heterocycles. The van der Waals surface area contributed by atoms with E-state index in [0.29, 0.717) is 25.4 Å². The van der Waals surface area contributed by atoms with Crippen LogP contribution in [0.3, 0.4) is 0 Å². The molecular formula is C14H16N2O4. The number of aromatic nitrogens is 1. The normalized spacial score (nSPS) is 19.2. The van der Waals surface area contributed by atoms with Crippen molar-refractivity contribution in [2.45, 2.75) is 12.5 Å². The molecule has 0 radical (unpaired) electrons. The summed E-state index contributed by atoms with van der Waals surface area (Å²) in [5.41, 5.74) is 0.705. The summed E-state index contributed by atoms with van der Waals surface area (Å²) in [6.07, 6.45) is 4.22. The van der Waals surface area contributed by atoms with Crippen LogP contribution >= 0.6 is 0 Å². The standard InChI is InChI=1S/C14H16N2O4/c17-13(5-4-11-3-1-2-6-15-11)16-7-8-20-12(10-16)9-14(18)19/h1-6,12H,7-10H2,(H,18,19). The molecule has 1 saturated heterocycles. The van der Waals surface area contributed by atoms with Crippen LogP contribution in [0.25, 0.3) is 6.08 Å². The van der Waals surface area contributed by atoms with E-state index in [9.17, 15) is 9.59 Å². The average molecular weight is 276 g/mol. The van der Waals surface area contributed by atoms with E-state index in [1.165, 1.54) is 6.08 Å². The number of carbonyl (C=O) groups excluding carboxylic acids is 1. The van der Waals surface area contributed by atoms with E-state index in [4.69, 9.17) is 9.84 Å². The Morgan fingerprint density at radius 3 is 3.05 bits per heavy atom. The van der Waals surface area contributed by atoms with Gasteiger partial charge in [-0.1, -0.05) is 6.07 Å². The minimum absolute atomic E-state index is 0.0895. The van der Waals surface area contributed by atoms with Gasteiger partial charge in [-0.3, -0.25) is 14.6 Å². The van der Waals surface area contributed by atoms with Gasteiger partial charge in [-0.2, -0.15) is 0 Å². The lowest BCUT2D eigenvalue weighted by Crippen LogP contribution is -2.45. The Balaban J connectivity index is 1.92. The van der Waals surface area contributed by atoms with Gasteiger partial charge < -0.3 is 14.7 Å². The Kier molecular flexibility index (Phi) is 4.84. The fourth-order valence-electron chi connectivity index (χ4n) is 1.97. The highest BCUT2D eigenvalue weighted by atomic mass is 16.5. The molecule has 0 saturated carbocycles. The number of morpholine rings is 1. The van der Waals surface area contributed by atoms with Gasteiger partial charge in [0.1, 0.15) is 0 Å². The predicted molar refractivity (Wildman–Crippen MR) is 71.8 cm³/mol. The monoisotopic (exact) mass is 276 g/mol. The molecule has 0 aromatic carbocycles. The van der Waals surface area contributed by atoms with E-state index in [0.717, 1.165) is 0 Å². The van der Waals surface area contributed by atoms with E-state index < -0.39 is 12.1 Å². The maximum Gasteiger partial charge on any atom is 0.306 e. The third kappa shape index (κ3) is 4.17. The predicted octanol–water partition coefficient (Wildman–Crippen LogP) is 0.797. The van der Waals surface area contributed by atoms with E-state index >= 15 is 0 Å². The van der Waals surface area contributed by atoms with Gasteiger partial charge in [0.2, 0.25) is 5.91 Å². The van der Waals surface area contributed by atoms with Crippen LogP contribution in [-0.4, -0.2) is 52.7 Å². The van der Waals surface area contributed by atoms with E-state index in [-0.39, 0.29) is 12.3 Å². The fraction of sp³-hybridized carbons (Fsp3) is 0.357. The van der Waals surface area contributed by atoms with Gasteiger partial charge in [-0.15, -0.1) is 0 Å². The van der Waals surface area contributed by atoms with Crippen LogP contribution in [0.1, 0.15) is 12.1 Å². The number of aliphatic carboxylic acids is 1. The molecule has 1 aromatic heterocycles. The average Bonchev–Trinajstić information content (AvgIpc) is 2.45. The topological polar surface area (TPSA) is 79.7 Å². The van der Waals surface area contributed by atoms with Crippen molar-refractivity contribution in [2.24, 2.45) is 0 Å². The van der Waals surface area contributed by atoms with Crippen LogP contribution in [0, 0.1) is 0 Å². The second kappa shape index (κ2) is 6.81. The maximum absolute atomic E-state index is 12.0. The minimum atomic E-state index is -0.923. The summed E-state index contributed by atoms with van der Waals surface area (Å²) in [4.78, 5) is 28.3. The zero-order chi connectivity index (χ0) is 14.4. The van der Waals surface area contributed by atoms with E-state index in [1.807, 2.05) is 6.07 Å². The van der Waals surface area contributed by atoms with Crippen molar-refractivity contribution in [1.29, 1.82) is 0 Å². The molecule has 106 valence electrons. The summed E-state index contributed by atoms with van der Waals surface area (Å²) in [5, 5.41) is 8.74.